The van der Waals surface area contributed by atoms with Gasteiger partial charge in [-0.2, -0.15) is 0 Å². The number of nitrogens with zero attached hydrogens (tertiary/aromatic N) is 4. The summed E-state index contributed by atoms with van der Waals surface area (Å²) in [5.41, 5.74) is 0.725. The number of carbonyl (C=O) groups is 1. The van der Waals surface area contributed by atoms with Gasteiger partial charge < -0.3 is 20.2 Å². The van der Waals surface area contributed by atoms with Crippen LogP contribution in [0.2, 0.25) is 0 Å². The molecule has 1 atom stereocenters. The number of nitrogens with one attached hydrogen (secondary N) is 1. The molecular formula is C18H23N5O2. The summed E-state index contributed by atoms with van der Waals surface area (Å²) >= 11 is 0. The van der Waals surface area contributed by atoms with Crippen LogP contribution in [0.4, 0.5) is 10.7 Å². The van der Waals surface area contributed by atoms with E-state index in [2.05, 4.69) is 20.2 Å². The first-order valence-corrected chi connectivity index (χ1v) is 8.44. The first kappa shape index (κ1) is 17.0. The molecule has 3 rings (SSSR count). The lowest BCUT2D eigenvalue weighted by atomic mass is 10.1. The van der Waals surface area contributed by atoms with E-state index in [4.69, 9.17) is 0 Å². The van der Waals surface area contributed by atoms with Crippen molar-refractivity contribution in [2.45, 2.75) is 25.4 Å². The Morgan fingerprint density at radius 1 is 1.32 bits per heavy atom. The van der Waals surface area contributed by atoms with Crippen LogP contribution >= 0.6 is 0 Å². The first-order valence-electron chi connectivity index (χ1n) is 8.44. The summed E-state index contributed by atoms with van der Waals surface area (Å²) in [6.45, 7) is 1.95. The number of amides is 2. The van der Waals surface area contributed by atoms with Crippen molar-refractivity contribution >= 4 is 12.0 Å². The molecule has 1 aromatic carbocycles. The lowest BCUT2D eigenvalue weighted by molar-refractivity contribution is 0.200. The van der Waals surface area contributed by atoms with Gasteiger partial charge in [0, 0.05) is 44.1 Å². The summed E-state index contributed by atoms with van der Waals surface area (Å²) in [5.74, 6) is 0.899. The molecule has 1 saturated heterocycles. The molecule has 0 aliphatic carbocycles. The van der Waals surface area contributed by atoms with Gasteiger partial charge in [0.25, 0.3) is 0 Å². The van der Waals surface area contributed by atoms with E-state index in [-0.39, 0.29) is 17.8 Å². The quantitative estimate of drug-likeness (QED) is 0.889. The number of carbonyl (C=O) groups excluding carboxylic acids is 1. The van der Waals surface area contributed by atoms with Crippen LogP contribution in [0.1, 0.15) is 18.4 Å². The Kier molecular flexibility index (Phi) is 5.33. The van der Waals surface area contributed by atoms with E-state index in [1.165, 1.54) is 0 Å². The number of phenolic OH excluding ortho intramolecular Hbond substituents is 1. The van der Waals surface area contributed by atoms with Gasteiger partial charge in [-0.05, 0) is 25.0 Å². The Morgan fingerprint density at radius 3 is 2.84 bits per heavy atom. The number of benzene rings is 1. The third-order valence-electron chi connectivity index (χ3n) is 4.33. The predicted molar refractivity (Wildman–Crippen MR) is 95.4 cm³/mol. The molecule has 0 saturated carbocycles. The number of hydrogen-bond donors (Lipinski definition) is 2. The number of hydrogen-bond acceptors (Lipinski definition) is 5. The topological polar surface area (TPSA) is 81.6 Å². The van der Waals surface area contributed by atoms with Gasteiger partial charge in [-0.25, -0.2) is 14.8 Å². The highest BCUT2D eigenvalue weighted by molar-refractivity contribution is 5.74. The highest BCUT2D eigenvalue weighted by atomic mass is 16.3. The Hall–Kier alpha value is -2.83. The summed E-state index contributed by atoms with van der Waals surface area (Å²) in [7, 11) is 1.72. The highest BCUT2D eigenvalue weighted by Crippen LogP contribution is 2.18. The van der Waals surface area contributed by atoms with Gasteiger partial charge in [-0.1, -0.05) is 18.2 Å². The standard InChI is InChI=1S/C18H23N5O2/c1-22(12-14-6-2-3-8-16(14)24)18(25)21-15-7-4-11-23(13-15)17-19-9-5-10-20-17/h2-3,5-6,8-10,15,24H,4,7,11-13H2,1H3,(H,21,25)/t15-/m0/s1. The molecule has 7 nitrogen and oxygen atoms in total. The minimum Gasteiger partial charge on any atom is -0.508 e. The van der Waals surface area contributed by atoms with Gasteiger partial charge in [0.15, 0.2) is 0 Å². The van der Waals surface area contributed by atoms with Crippen LogP contribution in [-0.4, -0.2) is 52.2 Å². The molecule has 25 heavy (non-hydrogen) atoms. The minimum absolute atomic E-state index is 0.0527. The molecule has 1 aliphatic heterocycles. The second kappa shape index (κ2) is 7.83. The van der Waals surface area contributed by atoms with Crippen LogP contribution in [0.25, 0.3) is 0 Å². The van der Waals surface area contributed by atoms with E-state index in [9.17, 15) is 9.90 Å². The Balaban J connectivity index is 1.56. The van der Waals surface area contributed by atoms with Crippen molar-refractivity contribution in [2.24, 2.45) is 0 Å². The second-order valence-electron chi connectivity index (χ2n) is 6.27. The molecule has 0 unspecified atom stereocenters. The summed E-state index contributed by atoms with van der Waals surface area (Å²) in [5, 5.41) is 12.9. The SMILES string of the molecule is CN(Cc1ccccc1O)C(=O)N[C@H]1CCCN(c2ncccn2)C1. The average molecular weight is 341 g/mol. The Labute approximate surface area is 147 Å². The number of aromatic nitrogens is 2. The number of anilines is 1. The van der Waals surface area contributed by atoms with E-state index in [0.29, 0.717) is 19.0 Å². The number of para-hydroxylation sites is 1. The molecule has 0 radical (unpaired) electrons. The highest BCUT2D eigenvalue weighted by Gasteiger charge is 2.24. The molecule has 7 heteroatoms. The van der Waals surface area contributed by atoms with Gasteiger partial charge in [0.2, 0.25) is 5.95 Å². The van der Waals surface area contributed by atoms with E-state index >= 15 is 0 Å². The maximum absolute atomic E-state index is 12.5. The lowest BCUT2D eigenvalue weighted by Crippen LogP contribution is -2.51. The first-order chi connectivity index (χ1) is 12.1. The third-order valence-corrected chi connectivity index (χ3v) is 4.33. The fourth-order valence-electron chi connectivity index (χ4n) is 2.99. The molecular weight excluding hydrogens is 318 g/mol. The zero-order chi connectivity index (χ0) is 17.6. The number of phenols is 1. The van der Waals surface area contributed by atoms with Crippen LogP contribution in [-0.2, 0) is 6.54 Å². The van der Waals surface area contributed by atoms with Crippen LogP contribution < -0.4 is 10.2 Å². The molecule has 1 aliphatic rings. The van der Waals surface area contributed by atoms with Crippen LogP contribution in [0.3, 0.4) is 0 Å². The minimum atomic E-state index is -0.149. The number of rotatable bonds is 4. The fourth-order valence-corrected chi connectivity index (χ4v) is 2.99. The van der Waals surface area contributed by atoms with Crippen LogP contribution in [0.5, 0.6) is 5.75 Å². The lowest BCUT2D eigenvalue weighted by Gasteiger charge is -2.34. The molecule has 2 aromatic rings. The predicted octanol–water partition coefficient (Wildman–Crippen LogP) is 1.99. The van der Waals surface area contributed by atoms with Gasteiger partial charge in [-0.15, -0.1) is 0 Å². The maximum atomic E-state index is 12.5. The van der Waals surface area contributed by atoms with Crippen molar-refractivity contribution in [3.05, 3.63) is 48.3 Å². The van der Waals surface area contributed by atoms with Crippen molar-refractivity contribution in [2.75, 3.05) is 25.0 Å². The summed E-state index contributed by atoms with van der Waals surface area (Å²) in [4.78, 5) is 24.7. The van der Waals surface area contributed by atoms with Crippen LogP contribution in [0.15, 0.2) is 42.7 Å². The Morgan fingerprint density at radius 2 is 2.08 bits per heavy atom. The normalized spacial score (nSPS) is 17.2. The number of piperidine rings is 1. The van der Waals surface area contributed by atoms with Crippen molar-refractivity contribution in [1.82, 2.24) is 20.2 Å². The molecule has 2 heterocycles. The third kappa shape index (κ3) is 4.37. The summed E-state index contributed by atoms with van der Waals surface area (Å²) < 4.78 is 0. The monoisotopic (exact) mass is 341 g/mol. The maximum Gasteiger partial charge on any atom is 0.317 e. The molecule has 2 N–H and O–H groups in total. The molecule has 1 aromatic heterocycles. The second-order valence-corrected chi connectivity index (χ2v) is 6.27. The zero-order valence-electron chi connectivity index (χ0n) is 14.3. The largest absolute Gasteiger partial charge is 0.508 e. The number of aromatic hydroxyl groups is 1. The average Bonchev–Trinajstić information content (AvgIpc) is 2.64. The van der Waals surface area contributed by atoms with Crippen molar-refractivity contribution in [1.29, 1.82) is 0 Å². The molecule has 132 valence electrons. The zero-order valence-corrected chi connectivity index (χ0v) is 14.3. The van der Waals surface area contributed by atoms with E-state index in [1.54, 1.807) is 42.5 Å². The smallest absolute Gasteiger partial charge is 0.317 e. The van der Waals surface area contributed by atoms with Crippen molar-refractivity contribution in [3.63, 3.8) is 0 Å². The summed E-state index contributed by atoms with van der Waals surface area (Å²) in [6, 6.07) is 8.75. The van der Waals surface area contributed by atoms with Crippen molar-refractivity contribution in [3.8, 4) is 5.75 Å². The van der Waals surface area contributed by atoms with E-state index in [0.717, 1.165) is 24.9 Å². The van der Waals surface area contributed by atoms with Crippen molar-refractivity contribution < 1.29 is 9.90 Å². The molecule has 0 bridgehead atoms. The number of urea groups is 1. The fraction of sp³-hybridized carbons (Fsp3) is 0.389. The molecule has 2 amide bonds. The van der Waals surface area contributed by atoms with E-state index in [1.807, 2.05) is 12.1 Å². The van der Waals surface area contributed by atoms with E-state index < -0.39 is 0 Å². The van der Waals surface area contributed by atoms with Gasteiger partial charge in [0.05, 0.1) is 6.54 Å². The van der Waals surface area contributed by atoms with Crippen LogP contribution in [0, 0.1) is 0 Å². The molecule has 0 spiro atoms. The van der Waals surface area contributed by atoms with Gasteiger partial charge in [-0.3, -0.25) is 0 Å². The Bertz CT molecular complexity index is 710. The van der Waals surface area contributed by atoms with Gasteiger partial charge in [0.1, 0.15) is 5.75 Å². The van der Waals surface area contributed by atoms with Gasteiger partial charge >= 0.3 is 6.03 Å². The summed E-state index contributed by atoms with van der Waals surface area (Å²) in [6.07, 6.45) is 5.36. The molecule has 1 fully saturated rings.